The molecule has 2 atom stereocenters. The lowest BCUT2D eigenvalue weighted by atomic mass is 10.2. The maximum atomic E-state index is 11.7. The molecule has 0 saturated carbocycles. The lowest BCUT2D eigenvalue weighted by Crippen LogP contribution is -2.31. The van der Waals surface area contributed by atoms with Gasteiger partial charge in [0.25, 0.3) is 0 Å². The highest BCUT2D eigenvalue weighted by molar-refractivity contribution is 5.76. The van der Waals surface area contributed by atoms with E-state index in [1.807, 2.05) is 0 Å². The van der Waals surface area contributed by atoms with Crippen LogP contribution in [0.25, 0.3) is 0 Å². The van der Waals surface area contributed by atoms with E-state index >= 15 is 0 Å². The number of carboxylic acid groups (broad SMARTS) is 1. The first-order valence-electron chi connectivity index (χ1n) is 4.04. The molecule has 8 heteroatoms. The SMILES string of the molecule is O=C(O)[C@@H]1C[C@@H](OC(=O)C(F)(F)F)CN1. The molecule has 86 valence electrons. The summed E-state index contributed by atoms with van der Waals surface area (Å²) in [5.41, 5.74) is 0. The number of rotatable bonds is 2. The first-order valence-corrected chi connectivity index (χ1v) is 4.04. The van der Waals surface area contributed by atoms with Crippen LogP contribution in [0.5, 0.6) is 0 Å². The summed E-state index contributed by atoms with van der Waals surface area (Å²) in [5, 5.41) is 10.9. The van der Waals surface area contributed by atoms with Gasteiger partial charge in [0.15, 0.2) is 0 Å². The van der Waals surface area contributed by atoms with Crippen molar-refractivity contribution in [2.75, 3.05) is 6.54 Å². The second kappa shape index (κ2) is 4.05. The van der Waals surface area contributed by atoms with Crippen molar-refractivity contribution in [1.82, 2.24) is 5.32 Å². The Balaban J connectivity index is 2.43. The highest BCUT2D eigenvalue weighted by atomic mass is 19.4. The number of esters is 1. The van der Waals surface area contributed by atoms with Crippen molar-refractivity contribution in [3.05, 3.63) is 0 Å². The Morgan fingerprint density at radius 3 is 2.40 bits per heavy atom. The molecule has 0 bridgehead atoms. The van der Waals surface area contributed by atoms with E-state index in [0.717, 1.165) is 0 Å². The molecule has 1 aliphatic rings. The zero-order chi connectivity index (χ0) is 11.6. The third kappa shape index (κ3) is 3.08. The van der Waals surface area contributed by atoms with Gasteiger partial charge in [0.1, 0.15) is 12.1 Å². The maximum absolute atomic E-state index is 11.7. The van der Waals surface area contributed by atoms with E-state index < -0.39 is 30.3 Å². The van der Waals surface area contributed by atoms with E-state index in [4.69, 9.17) is 5.11 Å². The largest absolute Gasteiger partial charge is 0.490 e. The second-order valence-corrected chi connectivity index (χ2v) is 3.06. The van der Waals surface area contributed by atoms with Gasteiger partial charge >= 0.3 is 18.1 Å². The van der Waals surface area contributed by atoms with Crippen LogP contribution in [-0.2, 0) is 14.3 Å². The van der Waals surface area contributed by atoms with Crippen LogP contribution in [0.1, 0.15) is 6.42 Å². The van der Waals surface area contributed by atoms with Gasteiger partial charge in [-0.15, -0.1) is 0 Å². The van der Waals surface area contributed by atoms with Gasteiger partial charge < -0.3 is 15.2 Å². The molecule has 1 rings (SSSR count). The van der Waals surface area contributed by atoms with Crippen molar-refractivity contribution in [2.24, 2.45) is 0 Å². The molecule has 1 aliphatic heterocycles. The van der Waals surface area contributed by atoms with Gasteiger partial charge in [-0.25, -0.2) is 4.79 Å². The molecule has 1 saturated heterocycles. The van der Waals surface area contributed by atoms with Crippen LogP contribution in [0.4, 0.5) is 13.2 Å². The zero-order valence-electron chi connectivity index (χ0n) is 7.37. The molecule has 0 spiro atoms. The standard InChI is InChI=1S/C7H8F3NO4/c8-7(9,10)6(14)15-3-1-4(5(12)13)11-2-3/h3-4,11H,1-2H2,(H,12,13)/t3-,4+/m1/s1. The summed E-state index contributed by atoms with van der Waals surface area (Å²) in [6.45, 7) is -0.0845. The smallest absolute Gasteiger partial charge is 0.480 e. The number of nitrogens with one attached hydrogen (secondary N) is 1. The van der Waals surface area contributed by atoms with Crippen molar-refractivity contribution in [2.45, 2.75) is 24.7 Å². The number of hydrogen-bond acceptors (Lipinski definition) is 4. The van der Waals surface area contributed by atoms with Crippen LogP contribution in [-0.4, -0.2) is 41.9 Å². The molecule has 0 aliphatic carbocycles. The first-order chi connectivity index (χ1) is 6.80. The molecule has 0 aromatic heterocycles. The van der Waals surface area contributed by atoms with E-state index in [1.165, 1.54) is 0 Å². The van der Waals surface area contributed by atoms with E-state index in [0.29, 0.717) is 0 Å². The van der Waals surface area contributed by atoms with Crippen LogP contribution >= 0.6 is 0 Å². The summed E-state index contributed by atoms with van der Waals surface area (Å²) in [4.78, 5) is 20.8. The minimum atomic E-state index is -5.04. The third-order valence-electron chi connectivity index (χ3n) is 1.89. The van der Waals surface area contributed by atoms with Gasteiger partial charge in [0.05, 0.1) is 0 Å². The minimum Gasteiger partial charge on any atom is -0.480 e. The normalized spacial score (nSPS) is 26.3. The summed E-state index contributed by atoms with van der Waals surface area (Å²) in [6, 6.07) is -0.962. The molecule has 1 fully saturated rings. The number of halogens is 3. The molecule has 0 amide bonds. The number of carbonyl (C=O) groups is 2. The number of alkyl halides is 3. The Hall–Kier alpha value is -1.31. The summed E-state index contributed by atoms with van der Waals surface area (Å²) >= 11 is 0. The van der Waals surface area contributed by atoms with Crippen LogP contribution in [0.2, 0.25) is 0 Å². The zero-order valence-corrected chi connectivity index (χ0v) is 7.37. The summed E-state index contributed by atoms with van der Waals surface area (Å²) in [5.74, 6) is -3.47. The second-order valence-electron chi connectivity index (χ2n) is 3.06. The fourth-order valence-electron chi connectivity index (χ4n) is 1.20. The summed E-state index contributed by atoms with van der Waals surface area (Å²) < 4.78 is 39.3. The third-order valence-corrected chi connectivity index (χ3v) is 1.89. The Morgan fingerprint density at radius 2 is 2.00 bits per heavy atom. The predicted molar refractivity (Wildman–Crippen MR) is 40.0 cm³/mol. The van der Waals surface area contributed by atoms with Crippen molar-refractivity contribution in [1.29, 1.82) is 0 Å². The van der Waals surface area contributed by atoms with E-state index in [-0.39, 0.29) is 13.0 Å². The van der Waals surface area contributed by atoms with Crippen molar-refractivity contribution in [3.8, 4) is 0 Å². The maximum Gasteiger partial charge on any atom is 0.490 e. The Morgan fingerprint density at radius 1 is 1.40 bits per heavy atom. The number of aliphatic carboxylic acids is 1. The minimum absolute atomic E-state index is 0.0845. The lowest BCUT2D eigenvalue weighted by Gasteiger charge is -2.12. The summed E-state index contributed by atoms with van der Waals surface area (Å²) in [7, 11) is 0. The highest BCUT2D eigenvalue weighted by Crippen LogP contribution is 2.20. The van der Waals surface area contributed by atoms with Gasteiger partial charge in [0.2, 0.25) is 0 Å². The topological polar surface area (TPSA) is 75.6 Å². The van der Waals surface area contributed by atoms with Crippen LogP contribution < -0.4 is 5.32 Å². The Bertz CT molecular complexity index is 278. The van der Waals surface area contributed by atoms with Crippen LogP contribution in [0.15, 0.2) is 0 Å². The van der Waals surface area contributed by atoms with Crippen molar-refractivity contribution >= 4 is 11.9 Å². The van der Waals surface area contributed by atoms with Crippen LogP contribution in [0.3, 0.4) is 0 Å². The molecule has 5 nitrogen and oxygen atoms in total. The summed E-state index contributed by atoms with van der Waals surface area (Å²) in [6.07, 6.45) is -6.24. The van der Waals surface area contributed by atoms with Gasteiger partial charge in [-0.05, 0) is 0 Å². The Kier molecular flexibility index (Phi) is 3.18. The van der Waals surface area contributed by atoms with Gasteiger partial charge in [-0.2, -0.15) is 13.2 Å². The molecular formula is C7H8F3NO4. The molecule has 0 aromatic carbocycles. The van der Waals surface area contributed by atoms with E-state index in [9.17, 15) is 22.8 Å². The average Bonchev–Trinajstić information content (AvgIpc) is 2.50. The Labute approximate surface area is 82.2 Å². The van der Waals surface area contributed by atoms with Crippen molar-refractivity contribution in [3.63, 3.8) is 0 Å². The number of ether oxygens (including phenoxy) is 1. The van der Waals surface area contributed by atoms with Gasteiger partial charge in [0, 0.05) is 13.0 Å². The molecule has 0 aromatic rings. The molecular weight excluding hydrogens is 219 g/mol. The van der Waals surface area contributed by atoms with Crippen molar-refractivity contribution < 1.29 is 32.6 Å². The first kappa shape index (κ1) is 11.8. The van der Waals surface area contributed by atoms with Gasteiger partial charge in [-0.1, -0.05) is 0 Å². The number of hydrogen-bond donors (Lipinski definition) is 2. The van der Waals surface area contributed by atoms with E-state index in [1.54, 1.807) is 0 Å². The lowest BCUT2D eigenvalue weighted by molar-refractivity contribution is -0.204. The van der Waals surface area contributed by atoms with Gasteiger partial charge in [-0.3, -0.25) is 4.79 Å². The quantitative estimate of drug-likeness (QED) is 0.644. The number of carbonyl (C=O) groups excluding carboxylic acids is 1. The highest BCUT2D eigenvalue weighted by Gasteiger charge is 2.43. The predicted octanol–water partition coefficient (Wildman–Crippen LogP) is -0.0930. The van der Waals surface area contributed by atoms with Crippen LogP contribution in [0, 0.1) is 0 Å². The molecule has 2 N–H and O–H groups in total. The average molecular weight is 227 g/mol. The monoisotopic (exact) mass is 227 g/mol. The fourth-order valence-corrected chi connectivity index (χ4v) is 1.20. The van der Waals surface area contributed by atoms with E-state index in [2.05, 4.69) is 10.1 Å². The molecule has 0 radical (unpaired) electrons. The fraction of sp³-hybridized carbons (Fsp3) is 0.714. The molecule has 15 heavy (non-hydrogen) atoms. The number of carboxylic acids is 1. The molecule has 0 unspecified atom stereocenters. The molecule has 1 heterocycles.